The maximum Gasteiger partial charge on any atom is 0.0960 e. The number of likely N-dealkylation sites (N-methyl/N-ethyl adjacent to an activating group) is 1. The lowest BCUT2D eigenvalue weighted by Crippen LogP contribution is -2.47. The van der Waals surface area contributed by atoms with Gasteiger partial charge in [0.05, 0.1) is 24.9 Å². The first-order valence-electron chi connectivity index (χ1n) is 7.43. The molecule has 0 radical (unpaired) electrons. The first-order chi connectivity index (χ1) is 8.79. The van der Waals surface area contributed by atoms with Gasteiger partial charge in [-0.2, -0.15) is 0 Å². The number of nitrogens with zero attached hydrogens (tertiary/aromatic N) is 1. The summed E-state index contributed by atoms with van der Waals surface area (Å²) in [5, 5.41) is 10.2. The second-order valence-electron chi connectivity index (χ2n) is 5.44. The van der Waals surface area contributed by atoms with Crippen LogP contribution in [0.15, 0.2) is 0 Å². The van der Waals surface area contributed by atoms with E-state index in [1.807, 2.05) is 0 Å². The number of aliphatic hydroxyl groups excluding tert-OH is 1. The molecule has 2 rings (SSSR count). The van der Waals surface area contributed by atoms with Gasteiger partial charge in [0.1, 0.15) is 0 Å². The lowest BCUT2D eigenvalue weighted by atomic mass is 10.0. The van der Waals surface area contributed by atoms with Crippen molar-refractivity contribution >= 4 is 0 Å². The number of aliphatic hydroxyl groups is 1. The Morgan fingerprint density at radius 3 is 2.94 bits per heavy atom. The van der Waals surface area contributed by atoms with Crippen molar-refractivity contribution in [2.75, 3.05) is 32.8 Å². The number of morpholine rings is 1. The fraction of sp³-hybridized carbons (Fsp3) is 1.00. The van der Waals surface area contributed by atoms with Gasteiger partial charge in [0, 0.05) is 19.7 Å². The summed E-state index contributed by atoms with van der Waals surface area (Å²) in [6.07, 6.45) is 5.48. The van der Waals surface area contributed by atoms with Crippen LogP contribution in [-0.2, 0) is 9.47 Å². The molecule has 2 heterocycles. The van der Waals surface area contributed by atoms with Gasteiger partial charge in [-0.1, -0.05) is 6.92 Å². The van der Waals surface area contributed by atoms with Crippen LogP contribution >= 0.6 is 0 Å². The van der Waals surface area contributed by atoms with E-state index in [9.17, 15) is 5.11 Å². The summed E-state index contributed by atoms with van der Waals surface area (Å²) >= 11 is 0. The summed E-state index contributed by atoms with van der Waals surface area (Å²) in [4.78, 5) is 2.34. The Morgan fingerprint density at radius 1 is 1.33 bits per heavy atom. The standard InChI is InChI=1S/C14H27NO3/c1-2-15-8-10-18-14(11-15)13(16)7-3-5-12-6-4-9-17-12/h12-14,16H,2-11H2,1H3. The van der Waals surface area contributed by atoms with E-state index in [4.69, 9.17) is 9.47 Å². The van der Waals surface area contributed by atoms with Gasteiger partial charge >= 0.3 is 0 Å². The van der Waals surface area contributed by atoms with E-state index >= 15 is 0 Å². The Bertz CT molecular complexity index is 231. The summed E-state index contributed by atoms with van der Waals surface area (Å²) in [6.45, 7) is 6.74. The second kappa shape index (κ2) is 7.43. The van der Waals surface area contributed by atoms with E-state index in [0.717, 1.165) is 52.1 Å². The molecule has 0 aromatic heterocycles. The molecule has 3 atom stereocenters. The van der Waals surface area contributed by atoms with E-state index < -0.39 is 0 Å². The molecular weight excluding hydrogens is 230 g/mol. The molecule has 0 aromatic carbocycles. The van der Waals surface area contributed by atoms with Crippen molar-refractivity contribution in [1.29, 1.82) is 0 Å². The smallest absolute Gasteiger partial charge is 0.0960 e. The molecule has 2 aliphatic rings. The summed E-state index contributed by atoms with van der Waals surface area (Å²) in [7, 11) is 0. The molecule has 1 N–H and O–H groups in total. The minimum Gasteiger partial charge on any atom is -0.390 e. The highest BCUT2D eigenvalue weighted by Crippen LogP contribution is 2.20. The van der Waals surface area contributed by atoms with Crippen molar-refractivity contribution in [2.45, 2.75) is 57.3 Å². The minimum absolute atomic E-state index is 0.00296. The first kappa shape index (κ1) is 14.3. The number of hydrogen-bond acceptors (Lipinski definition) is 4. The van der Waals surface area contributed by atoms with Gasteiger partial charge in [-0.3, -0.25) is 4.90 Å². The van der Waals surface area contributed by atoms with Crippen LogP contribution < -0.4 is 0 Å². The number of rotatable bonds is 6. The summed E-state index contributed by atoms with van der Waals surface area (Å²) in [6, 6.07) is 0. The van der Waals surface area contributed by atoms with Gasteiger partial charge in [-0.25, -0.2) is 0 Å². The Balaban J connectivity index is 1.62. The topological polar surface area (TPSA) is 41.9 Å². The highest BCUT2D eigenvalue weighted by Gasteiger charge is 2.26. The van der Waals surface area contributed by atoms with E-state index in [1.54, 1.807) is 0 Å². The number of ether oxygens (including phenoxy) is 2. The zero-order chi connectivity index (χ0) is 12.8. The molecule has 2 aliphatic heterocycles. The SMILES string of the molecule is CCN1CCOC(C(O)CCCC2CCCO2)C1. The third-order valence-electron chi connectivity index (χ3n) is 4.10. The largest absolute Gasteiger partial charge is 0.390 e. The first-order valence-corrected chi connectivity index (χ1v) is 7.43. The highest BCUT2D eigenvalue weighted by atomic mass is 16.5. The predicted octanol–water partition coefficient (Wildman–Crippen LogP) is 1.42. The van der Waals surface area contributed by atoms with E-state index in [1.165, 1.54) is 12.8 Å². The molecule has 0 amide bonds. The van der Waals surface area contributed by atoms with E-state index in [2.05, 4.69) is 11.8 Å². The number of hydrogen-bond donors (Lipinski definition) is 1. The van der Waals surface area contributed by atoms with Crippen LogP contribution in [0.25, 0.3) is 0 Å². The normalized spacial score (nSPS) is 31.7. The molecule has 4 nitrogen and oxygen atoms in total. The Kier molecular flexibility index (Phi) is 5.89. The second-order valence-corrected chi connectivity index (χ2v) is 5.44. The van der Waals surface area contributed by atoms with Gasteiger partial charge in [-0.05, 0) is 38.6 Å². The Morgan fingerprint density at radius 2 is 2.22 bits per heavy atom. The molecule has 2 saturated heterocycles. The molecule has 3 unspecified atom stereocenters. The van der Waals surface area contributed by atoms with Crippen LogP contribution in [0.5, 0.6) is 0 Å². The van der Waals surface area contributed by atoms with E-state index in [0.29, 0.717) is 6.10 Å². The van der Waals surface area contributed by atoms with Crippen LogP contribution in [0, 0.1) is 0 Å². The molecule has 0 saturated carbocycles. The van der Waals surface area contributed by atoms with Crippen LogP contribution in [0.4, 0.5) is 0 Å². The van der Waals surface area contributed by atoms with Crippen LogP contribution in [-0.4, -0.2) is 61.2 Å². The predicted molar refractivity (Wildman–Crippen MR) is 70.7 cm³/mol. The van der Waals surface area contributed by atoms with Crippen molar-refractivity contribution < 1.29 is 14.6 Å². The fourth-order valence-electron chi connectivity index (χ4n) is 2.86. The minimum atomic E-state index is -0.319. The van der Waals surface area contributed by atoms with Gasteiger partial charge < -0.3 is 14.6 Å². The molecule has 0 aromatic rings. The van der Waals surface area contributed by atoms with Crippen LogP contribution in [0.2, 0.25) is 0 Å². The highest BCUT2D eigenvalue weighted by molar-refractivity contribution is 4.78. The molecule has 4 heteroatoms. The molecular formula is C14H27NO3. The van der Waals surface area contributed by atoms with Gasteiger partial charge in [0.15, 0.2) is 0 Å². The zero-order valence-corrected chi connectivity index (χ0v) is 11.5. The molecule has 0 bridgehead atoms. The van der Waals surface area contributed by atoms with Crippen molar-refractivity contribution in [2.24, 2.45) is 0 Å². The van der Waals surface area contributed by atoms with E-state index in [-0.39, 0.29) is 12.2 Å². The molecule has 106 valence electrons. The Labute approximate surface area is 110 Å². The Hall–Kier alpha value is -0.160. The summed E-state index contributed by atoms with van der Waals surface area (Å²) < 4.78 is 11.3. The molecule has 0 spiro atoms. The average Bonchev–Trinajstić information content (AvgIpc) is 2.92. The van der Waals surface area contributed by atoms with Gasteiger partial charge in [0.2, 0.25) is 0 Å². The lowest BCUT2D eigenvalue weighted by Gasteiger charge is -2.34. The van der Waals surface area contributed by atoms with Crippen molar-refractivity contribution in [3.8, 4) is 0 Å². The molecule has 2 fully saturated rings. The van der Waals surface area contributed by atoms with Gasteiger partial charge in [0.25, 0.3) is 0 Å². The fourth-order valence-corrected chi connectivity index (χ4v) is 2.86. The zero-order valence-electron chi connectivity index (χ0n) is 11.5. The van der Waals surface area contributed by atoms with Crippen LogP contribution in [0.1, 0.15) is 39.0 Å². The monoisotopic (exact) mass is 257 g/mol. The van der Waals surface area contributed by atoms with Crippen LogP contribution in [0.3, 0.4) is 0 Å². The maximum atomic E-state index is 10.2. The quantitative estimate of drug-likeness (QED) is 0.781. The third kappa shape index (κ3) is 4.19. The van der Waals surface area contributed by atoms with Crippen molar-refractivity contribution in [3.05, 3.63) is 0 Å². The van der Waals surface area contributed by atoms with Crippen molar-refractivity contribution in [3.63, 3.8) is 0 Å². The summed E-state index contributed by atoms with van der Waals surface area (Å²) in [5.74, 6) is 0. The van der Waals surface area contributed by atoms with Crippen molar-refractivity contribution in [1.82, 2.24) is 4.90 Å². The third-order valence-corrected chi connectivity index (χ3v) is 4.10. The maximum absolute atomic E-state index is 10.2. The van der Waals surface area contributed by atoms with Gasteiger partial charge in [-0.15, -0.1) is 0 Å². The lowest BCUT2D eigenvalue weighted by molar-refractivity contribution is -0.0902. The summed E-state index contributed by atoms with van der Waals surface area (Å²) in [5.41, 5.74) is 0. The molecule has 0 aliphatic carbocycles. The average molecular weight is 257 g/mol. The molecule has 18 heavy (non-hydrogen) atoms.